The summed E-state index contributed by atoms with van der Waals surface area (Å²) >= 11 is 0. The summed E-state index contributed by atoms with van der Waals surface area (Å²) in [5, 5.41) is 3.31. The van der Waals surface area contributed by atoms with Crippen LogP contribution in [-0.4, -0.2) is 36.2 Å². The quantitative estimate of drug-likeness (QED) is 0.348. The van der Waals surface area contributed by atoms with E-state index < -0.39 is 10.4 Å². The van der Waals surface area contributed by atoms with Crippen LogP contribution in [0.3, 0.4) is 0 Å². The predicted octanol–water partition coefficient (Wildman–Crippen LogP) is -0.636. The van der Waals surface area contributed by atoms with Crippen molar-refractivity contribution in [3.05, 3.63) is 0 Å². The van der Waals surface area contributed by atoms with Crippen LogP contribution < -0.4 is 11.2 Å². The lowest BCUT2D eigenvalue weighted by molar-refractivity contribution is 0.0233. The maximum atomic E-state index is 8.74. The van der Waals surface area contributed by atoms with Gasteiger partial charge in [-0.15, -0.1) is 0 Å². The fraction of sp³-hybridized carbons (Fsp3) is 1.00. The number of nitrogens with two attached hydrogens (primary N) is 1. The third-order valence-corrected chi connectivity index (χ3v) is 1.77. The normalized spacial score (nSPS) is 27.7. The summed E-state index contributed by atoms with van der Waals surface area (Å²) in [6, 6.07) is 0.562. The summed E-state index contributed by atoms with van der Waals surface area (Å²) in [4.78, 5) is 4.72. The maximum absolute atomic E-state index is 8.74. The first-order chi connectivity index (χ1) is 6.33. The van der Waals surface area contributed by atoms with Gasteiger partial charge in [-0.1, -0.05) is 0 Å². The highest BCUT2D eigenvalue weighted by atomic mass is 32.3. The Bertz CT molecular complexity index is 235. The van der Waals surface area contributed by atoms with Gasteiger partial charge < -0.3 is 10.2 Å². The second kappa shape index (κ2) is 6.27. The number of piperidine rings is 1. The molecule has 0 aliphatic carbocycles. The highest BCUT2D eigenvalue weighted by Gasteiger charge is 2.17. The van der Waals surface area contributed by atoms with Crippen LogP contribution in [0, 0.1) is 0 Å². The zero-order valence-corrected chi connectivity index (χ0v) is 8.70. The molecule has 0 bridgehead atoms. The monoisotopic (exact) mass is 228 g/mol. The molecule has 2 atom stereocenters. The van der Waals surface area contributed by atoms with Crippen molar-refractivity contribution in [2.24, 2.45) is 5.90 Å². The van der Waals surface area contributed by atoms with E-state index in [0.29, 0.717) is 6.04 Å². The van der Waals surface area contributed by atoms with E-state index in [2.05, 4.69) is 12.2 Å². The lowest BCUT2D eigenvalue weighted by Gasteiger charge is -2.25. The van der Waals surface area contributed by atoms with Crippen molar-refractivity contribution in [2.75, 3.05) is 6.54 Å². The average molecular weight is 228 g/mol. The topological polar surface area (TPSA) is 122 Å². The van der Waals surface area contributed by atoms with Gasteiger partial charge in [0.15, 0.2) is 0 Å². The van der Waals surface area contributed by atoms with E-state index in [1.807, 2.05) is 0 Å². The maximum Gasteiger partial charge on any atom is 0.394 e. The number of hydrogen-bond acceptors (Lipinski definition) is 5. The van der Waals surface area contributed by atoms with Crippen molar-refractivity contribution in [3.8, 4) is 0 Å². The minimum absolute atomic E-state index is 0.279. The van der Waals surface area contributed by atoms with Crippen LogP contribution in [0.25, 0.3) is 0 Å². The molecule has 1 aliphatic heterocycles. The average Bonchev–Trinajstić information content (AvgIpc) is 2.01. The molecule has 86 valence electrons. The van der Waals surface area contributed by atoms with Gasteiger partial charge in [-0.05, 0) is 26.3 Å². The van der Waals surface area contributed by atoms with Gasteiger partial charge in [0.1, 0.15) is 0 Å². The molecule has 8 heteroatoms. The predicted molar refractivity (Wildman–Crippen MR) is 49.9 cm³/mol. The molecule has 1 aliphatic rings. The van der Waals surface area contributed by atoms with Crippen molar-refractivity contribution in [1.82, 2.24) is 5.32 Å². The van der Waals surface area contributed by atoms with Gasteiger partial charge in [-0.3, -0.25) is 9.11 Å². The molecule has 0 unspecified atom stereocenters. The first-order valence-corrected chi connectivity index (χ1v) is 5.51. The molecule has 0 radical (unpaired) electrons. The molecule has 14 heavy (non-hydrogen) atoms. The van der Waals surface area contributed by atoms with Crippen molar-refractivity contribution in [3.63, 3.8) is 0 Å². The SMILES string of the molecule is C[C@H]1C[C@H](ON)CCN1.O=S(=O)(O)O. The second-order valence-electron chi connectivity index (χ2n) is 3.09. The third-order valence-electron chi connectivity index (χ3n) is 1.77. The van der Waals surface area contributed by atoms with Crippen molar-refractivity contribution in [2.45, 2.75) is 31.9 Å². The van der Waals surface area contributed by atoms with Gasteiger partial charge in [0, 0.05) is 6.04 Å². The molecule has 1 saturated heterocycles. The molecule has 1 heterocycles. The molecular weight excluding hydrogens is 212 g/mol. The van der Waals surface area contributed by atoms with Crippen LogP contribution in [0.5, 0.6) is 0 Å². The van der Waals surface area contributed by atoms with Crippen LogP contribution in [0.4, 0.5) is 0 Å². The summed E-state index contributed by atoms with van der Waals surface area (Å²) in [5.41, 5.74) is 0. The first-order valence-electron chi connectivity index (χ1n) is 4.11. The minimum Gasteiger partial charge on any atom is -0.314 e. The molecule has 0 saturated carbocycles. The lowest BCUT2D eigenvalue weighted by Crippen LogP contribution is -2.40. The fourth-order valence-electron chi connectivity index (χ4n) is 1.21. The van der Waals surface area contributed by atoms with Crippen LogP contribution in [0.15, 0.2) is 0 Å². The molecule has 7 nitrogen and oxygen atoms in total. The number of nitrogens with one attached hydrogen (secondary N) is 1. The van der Waals surface area contributed by atoms with Gasteiger partial charge in [-0.2, -0.15) is 8.42 Å². The highest BCUT2D eigenvalue weighted by molar-refractivity contribution is 7.79. The summed E-state index contributed by atoms with van der Waals surface area (Å²) in [7, 11) is -4.67. The van der Waals surface area contributed by atoms with Crippen LogP contribution >= 0.6 is 0 Å². The molecule has 0 aromatic heterocycles. The standard InChI is InChI=1S/C6H14N2O.H2O4S/c1-5-4-6(9-7)2-3-8-5;1-5(2,3)4/h5-6,8H,2-4,7H2,1H3;(H2,1,2,3,4)/t5-,6+;/m0./s1. The molecule has 1 fully saturated rings. The van der Waals surface area contributed by atoms with Crippen LogP contribution in [0.2, 0.25) is 0 Å². The Morgan fingerprint density at radius 2 is 2.00 bits per heavy atom. The lowest BCUT2D eigenvalue weighted by atomic mass is 10.0. The summed E-state index contributed by atoms with van der Waals surface area (Å²) in [5.74, 6) is 5.04. The first kappa shape index (κ1) is 13.8. The third kappa shape index (κ3) is 9.84. The second-order valence-corrected chi connectivity index (χ2v) is 3.98. The Morgan fingerprint density at radius 1 is 1.50 bits per heavy atom. The zero-order chi connectivity index (χ0) is 11.2. The molecule has 0 spiro atoms. The molecule has 0 amide bonds. The largest absolute Gasteiger partial charge is 0.394 e. The minimum atomic E-state index is -4.67. The Hall–Kier alpha value is -0.250. The van der Waals surface area contributed by atoms with E-state index in [0.717, 1.165) is 19.4 Å². The smallest absolute Gasteiger partial charge is 0.314 e. The van der Waals surface area contributed by atoms with E-state index in [1.54, 1.807) is 0 Å². The van der Waals surface area contributed by atoms with Crippen LogP contribution in [-0.2, 0) is 15.2 Å². The summed E-state index contributed by atoms with van der Waals surface area (Å²) < 4.78 is 31.6. The van der Waals surface area contributed by atoms with Crippen LogP contribution in [0.1, 0.15) is 19.8 Å². The van der Waals surface area contributed by atoms with E-state index in [9.17, 15) is 0 Å². The van der Waals surface area contributed by atoms with E-state index >= 15 is 0 Å². The van der Waals surface area contributed by atoms with Crippen molar-refractivity contribution in [1.29, 1.82) is 0 Å². The van der Waals surface area contributed by atoms with E-state index in [-0.39, 0.29) is 6.10 Å². The van der Waals surface area contributed by atoms with Gasteiger partial charge >= 0.3 is 10.4 Å². The van der Waals surface area contributed by atoms with E-state index in [1.165, 1.54) is 0 Å². The number of hydrogen-bond donors (Lipinski definition) is 4. The highest BCUT2D eigenvalue weighted by Crippen LogP contribution is 2.09. The molecule has 5 N–H and O–H groups in total. The molecule has 1 rings (SSSR count). The molecule has 0 aromatic rings. The fourth-order valence-corrected chi connectivity index (χ4v) is 1.21. The Balaban J connectivity index is 0.000000292. The van der Waals surface area contributed by atoms with Gasteiger partial charge in [0.25, 0.3) is 0 Å². The van der Waals surface area contributed by atoms with Gasteiger partial charge in [0.05, 0.1) is 6.10 Å². The Morgan fingerprint density at radius 3 is 2.29 bits per heavy atom. The van der Waals surface area contributed by atoms with Crippen molar-refractivity contribution >= 4 is 10.4 Å². The summed E-state index contributed by atoms with van der Waals surface area (Å²) in [6.07, 6.45) is 2.36. The Labute approximate surface area is 83.2 Å². The van der Waals surface area contributed by atoms with Crippen molar-refractivity contribution < 1.29 is 22.4 Å². The van der Waals surface area contributed by atoms with Gasteiger partial charge in [-0.25, -0.2) is 5.90 Å². The Kier molecular flexibility index (Phi) is 6.16. The summed E-state index contributed by atoms with van der Waals surface area (Å²) in [6.45, 7) is 3.17. The zero-order valence-electron chi connectivity index (χ0n) is 7.88. The number of rotatable bonds is 1. The molecular formula is C6H16N2O5S. The molecule has 0 aromatic carbocycles. The van der Waals surface area contributed by atoms with E-state index in [4.69, 9.17) is 28.3 Å². The van der Waals surface area contributed by atoms with Gasteiger partial charge in [0.2, 0.25) is 0 Å².